The van der Waals surface area contributed by atoms with E-state index in [4.69, 9.17) is 28.4 Å². The molecule has 0 aromatic carbocycles. The van der Waals surface area contributed by atoms with Gasteiger partial charge in [-0.05, 0) is 109 Å². The summed E-state index contributed by atoms with van der Waals surface area (Å²) in [5.41, 5.74) is 0. The number of carbonyl (C=O) groups excluding carboxylic acids is 1. The molecule has 17 atom stereocenters. The van der Waals surface area contributed by atoms with Gasteiger partial charge in [-0.25, -0.2) is 0 Å². The van der Waals surface area contributed by atoms with Gasteiger partial charge in [0.1, 0.15) is 73.2 Å². The van der Waals surface area contributed by atoms with Crippen molar-refractivity contribution >= 4 is 5.91 Å². The number of unbranched alkanes of at least 4 members (excludes halogenated alkanes) is 15. The molecule has 3 aliphatic heterocycles. The van der Waals surface area contributed by atoms with E-state index in [9.17, 15) is 61.0 Å². The molecule has 0 aliphatic carbocycles. The highest BCUT2D eigenvalue weighted by Crippen LogP contribution is 2.33. The number of nitrogens with one attached hydrogen (secondary N) is 1. The molecule has 0 radical (unpaired) electrons. The first-order valence-electron chi connectivity index (χ1n) is 34.9. The molecule has 17 unspecified atom stereocenters. The number of carbonyl (C=O) groups is 1. The van der Waals surface area contributed by atoms with E-state index in [-0.39, 0.29) is 18.9 Å². The first kappa shape index (κ1) is 83.2. The van der Waals surface area contributed by atoms with E-state index in [2.05, 4.69) is 141 Å². The molecule has 19 heteroatoms. The summed E-state index contributed by atoms with van der Waals surface area (Å²) in [7, 11) is 0. The Hall–Kier alpha value is -4.07. The largest absolute Gasteiger partial charge is 0.394 e. The lowest BCUT2D eigenvalue weighted by molar-refractivity contribution is -0.379. The van der Waals surface area contributed by atoms with Crippen molar-refractivity contribution in [2.75, 3.05) is 26.4 Å². The minimum Gasteiger partial charge on any atom is -0.394 e. The minimum atomic E-state index is -1.99. The van der Waals surface area contributed by atoms with Crippen LogP contribution in [-0.4, -0.2) is 193 Å². The zero-order valence-electron chi connectivity index (χ0n) is 55.9. The van der Waals surface area contributed by atoms with Crippen LogP contribution >= 0.6 is 0 Å². The molecule has 0 saturated carbocycles. The zero-order chi connectivity index (χ0) is 67.5. The van der Waals surface area contributed by atoms with Gasteiger partial charge in [0.2, 0.25) is 5.91 Å². The summed E-state index contributed by atoms with van der Waals surface area (Å²) in [5.74, 6) is -0.311. The zero-order valence-corrected chi connectivity index (χ0v) is 55.9. The molecule has 3 rings (SSSR count). The summed E-state index contributed by atoms with van der Waals surface area (Å²) in [6, 6.07) is -1.02. The van der Waals surface area contributed by atoms with Gasteiger partial charge >= 0.3 is 0 Å². The van der Waals surface area contributed by atoms with Gasteiger partial charge in [-0.15, -0.1) is 0 Å². The lowest BCUT2D eigenvalue weighted by atomic mass is 9.96. The Balaban J connectivity index is 1.44. The van der Waals surface area contributed by atoms with Crippen LogP contribution in [0.5, 0.6) is 0 Å². The van der Waals surface area contributed by atoms with Crippen molar-refractivity contribution in [2.24, 2.45) is 0 Å². The maximum absolute atomic E-state index is 13.4. The van der Waals surface area contributed by atoms with E-state index in [0.717, 1.165) is 116 Å². The van der Waals surface area contributed by atoms with Crippen LogP contribution in [0.25, 0.3) is 0 Å². The van der Waals surface area contributed by atoms with Crippen LogP contribution in [0.4, 0.5) is 0 Å². The number of aliphatic hydroxyl groups excluding tert-OH is 11. The highest BCUT2D eigenvalue weighted by Gasteiger charge is 2.53. The third-order valence-electron chi connectivity index (χ3n) is 16.4. The summed E-state index contributed by atoms with van der Waals surface area (Å²) >= 11 is 0. The van der Waals surface area contributed by atoms with Crippen molar-refractivity contribution in [3.05, 3.63) is 134 Å². The fraction of sp³-hybridized carbons (Fsp3) is 0.689. The summed E-state index contributed by atoms with van der Waals surface area (Å²) in [4.78, 5) is 13.4. The van der Waals surface area contributed by atoms with Crippen molar-refractivity contribution in [3.63, 3.8) is 0 Å². The summed E-state index contributed by atoms with van der Waals surface area (Å²) in [5, 5.41) is 120. The molecule has 3 heterocycles. The van der Waals surface area contributed by atoms with E-state index in [1.54, 1.807) is 6.08 Å². The molecule has 0 spiro atoms. The predicted molar refractivity (Wildman–Crippen MR) is 364 cm³/mol. The van der Waals surface area contributed by atoms with E-state index in [1.807, 2.05) is 6.08 Å². The fourth-order valence-electron chi connectivity index (χ4n) is 10.8. The van der Waals surface area contributed by atoms with E-state index in [1.165, 1.54) is 44.9 Å². The maximum Gasteiger partial charge on any atom is 0.220 e. The Morgan fingerprint density at radius 3 is 1.20 bits per heavy atom. The summed E-state index contributed by atoms with van der Waals surface area (Å²) in [6.45, 7) is 1.54. The van der Waals surface area contributed by atoms with Crippen molar-refractivity contribution < 1.29 is 89.4 Å². The molecule has 530 valence electrons. The Labute approximate surface area is 556 Å². The third-order valence-corrected chi connectivity index (χ3v) is 16.4. The van der Waals surface area contributed by atoms with Crippen LogP contribution in [-0.2, 0) is 33.2 Å². The maximum atomic E-state index is 13.4. The molecule has 3 aliphatic rings. The quantitative estimate of drug-likeness (QED) is 0.0199. The van der Waals surface area contributed by atoms with Gasteiger partial charge in [0.15, 0.2) is 18.9 Å². The van der Waals surface area contributed by atoms with Crippen molar-refractivity contribution in [3.8, 4) is 0 Å². The Morgan fingerprint density at radius 1 is 0.398 bits per heavy atom. The number of allylic oxidation sites excluding steroid dienone is 21. The first-order valence-corrected chi connectivity index (χ1v) is 34.9. The molecule has 1 amide bonds. The van der Waals surface area contributed by atoms with E-state index < -0.39 is 124 Å². The van der Waals surface area contributed by atoms with Gasteiger partial charge in [0.05, 0.1) is 38.6 Å². The van der Waals surface area contributed by atoms with E-state index in [0.29, 0.717) is 12.8 Å². The highest BCUT2D eigenvalue weighted by atomic mass is 16.8. The topological polar surface area (TPSA) is 307 Å². The second kappa shape index (κ2) is 54.0. The molecule has 0 aromatic heterocycles. The number of aliphatic hydroxyl groups is 11. The molecule has 0 aromatic rings. The highest BCUT2D eigenvalue weighted by molar-refractivity contribution is 5.76. The molecular weight excluding hydrogens is 1190 g/mol. The van der Waals surface area contributed by atoms with Crippen molar-refractivity contribution in [2.45, 2.75) is 298 Å². The molecule has 12 N–H and O–H groups in total. The Kier molecular flexibility index (Phi) is 48.3. The molecule has 93 heavy (non-hydrogen) atoms. The van der Waals surface area contributed by atoms with Gasteiger partial charge < -0.3 is 89.9 Å². The van der Waals surface area contributed by atoms with Gasteiger partial charge in [0.25, 0.3) is 0 Å². The monoisotopic (exact) mass is 1310 g/mol. The van der Waals surface area contributed by atoms with Crippen LogP contribution in [0.2, 0.25) is 0 Å². The van der Waals surface area contributed by atoms with Gasteiger partial charge in [0, 0.05) is 6.42 Å². The summed E-state index contributed by atoms with van der Waals surface area (Å²) in [6.07, 6.45) is 48.5. The van der Waals surface area contributed by atoms with Crippen LogP contribution < -0.4 is 5.32 Å². The predicted octanol–water partition coefficient (Wildman–Crippen LogP) is 9.38. The second-order valence-electron chi connectivity index (χ2n) is 24.2. The normalized spacial score (nSPS) is 28.4. The standard InChI is InChI=1S/C74H121NO18/c1-3-5-7-9-11-13-15-17-19-21-22-23-24-25-26-27-28-29-30-31-32-33-34-36-38-40-42-44-46-48-50-52-62(80)75-57(58(79)51-49-47-45-43-41-39-37-35-20-18-16-14-12-10-8-6-4-2)56-88-72-68(86)65(83)70(60(54-77)90-72)93-74-69(87)66(84)71(61(55-78)91-74)92-73-67(85)64(82)63(81)59(53-76)89-73/h5,7,11,13,17,19-20,22-23,25-26,28-29,31-32,34-36,41,43,49,51,57-61,63-74,76-79,81-87H,3-4,6,8-10,12,14-16,18,21,24,27,30,33,37-40,42,44-48,50,52-56H2,1-2H3,(H,75,80)/b7-5-,13-11-,19-17-,23-22-,26-25-,29-28-,32-31-,35-20+,36-34-,43-41+,51-49+. The van der Waals surface area contributed by atoms with Crippen LogP contribution in [0, 0.1) is 0 Å². The number of hydrogen-bond acceptors (Lipinski definition) is 18. The van der Waals surface area contributed by atoms with Crippen LogP contribution in [0.1, 0.15) is 194 Å². The number of rotatable bonds is 51. The molecule has 0 bridgehead atoms. The third kappa shape index (κ3) is 35.7. The number of ether oxygens (including phenoxy) is 6. The number of amides is 1. The van der Waals surface area contributed by atoms with Crippen molar-refractivity contribution in [1.82, 2.24) is 5.32 Å². The molecule has 19 nitrogen and oxygen atoms in total. The molecular formula is C74H121NO18. The number of hydrogen-bond donors (Lipinski definition) is 12. The average Bonchev–Trinajstić information content (AvgIpc) is 0.900. The Morgan fingerprint density at radius 2 is 0.753 bits per heavy atom. The average molecular weight is 1310 g/mol. The SMILES string of the molecule is CC/C=C\C/C=C\C/C=C\C/C=C\C/C=C\C/C=C\C/C=C\C/C=C\CCCCCCCCC(=O)NC(COC1OC(CO)C(OC2OC(CO)C(OC3OC(CO)C(O)C(O)C3O)C(O)C2O)C(O)C1O)C(O)/C=C/CC/C=C/CC/C=C/CCCCCCCCC. The van der Waals surface area contributed by atoms with Gasteiger partial charge in [-0.1, -0.05) is 212 Å². The van der Waals surface area contributed by atoms with Crippen LogP contribution in [0.3, 0.4) is 0 Å². The summed E-state index contributed by atoms with van der Waals surface area (Å²) < 4.78 is 34.3. The fourth-order valence-corrected chi connectivity index (χ4v) is 10.8. The Bertz CT molecular complexity index is 2210. The van der Waals surface area contributed by atoms with Crippen LogP contribution in [0.15, 0.2) is 134 Å². The van der Waals surface area contributed by atoms with Gasteiger partial charge in [-0.3, -0.25) is 4.79 Å². The van der Waals surface area contributed by atoms with Crippen molar-refractivity contribution in [1.29, 1.82) is 0 Å². The lowest BCUT2D eigenvalue weighted by Crippen LogP contribution is -2.66. The molecule has 3 fully saturated rings. The van der Waals surface area contributed by atoms with E-state index >= 15 is 0 Å². The minimum absolute atomic E-state index is 0.205. The first-order chi connectivity index (χ1) is 45.3. The molecule has 3 saturated heterocycles. The second-order valence-corrected chi connectivity index (χ2v) is 24.2. The lowest BCUT2D eigenvalue weighted by Gasteiger charge is -2.48. The smallest absolute Gasteiger partial charge is 0.220 e. The van der Waals surface area contributed by atoms with Gasteiger partial charge in [-0.2, -0.15) is 0 Å².